The Bertz CT molecular complexity index is 713. The first-order chi connectivity index (χ1) is 10.1. The number of hydrogen-bond donors (Lipinski definition) is 2. The number of rotatable bonds is 3. The number of aryl methyl sites for hydroxylation is 1. The first-order valence-corrected chi connectivity index (χ1v) is 7.34. The molecule has 1 heterocycles. The van der Waals surface area contributed by atoms with E-state index in [1.165, 1.54) is 17.4 Å². The molecule has 0 aliphatic heterocycles. The molecule has 1 aromatic heterocycles. The van der Waals surface area contributed by atoms with Crippen LogP contribution < -0.4 is 11.1 Å². The SMILES string of the molecule is Cc1cscc1C(=O)NCc1cc(C#CCN)ccc1F. The number of carbonyl (C=O) groups excluding carboxylic acids is 1. The van der Waals surface area contributed by atoms with Gasteiger partial charge in [-0.25, -0.2) is 4.39 Å². The van der Waals surface area contributed by atoms with Crippen LogP contribution in [-0.2, 0) is 6.54 Å². The molecule has 2 aromatic rings. The number of nitrogens with two attached hydrogens (primary N) is 1. The quantitative estimate of drug-likeness (QED) is 0.856. The molecule has 2 rings (SSSR count). The molecule has 21 heavy (non-hydrogen) atoms. The van der Waals surface area contributed by atoms with Gasteiger partial charge in [0.05, 0.1) is 12.1 Å². The van der Waals surface area contributed by atoms with E-state index in [0.29, 0.717) is 16.7 Å². The lowest BCUT2D eigenvalue weighted by Gasteiger charge is -2.07. The molecule has 0 unspecified atom stereocenters. The number of nitrogens with one attached hydrogen (secondary N) is 1. The molecule has 0 saturated carbocycles. The molecule has 0 aliphatic carbocycles. The summed E-state index contributed by atoms with van der Waals surface area (Å²) in [5, 5.41) is 6.40. The molecule has 0 spiro atoms. The first-order valence-electron chi connectivity index (χ1n) is 6.40. The Balaban J connectivity index is 2.09. The van der Waals surface area contributed by atoms with Gasteiger partial charge in [0.15, 0.2) is 0 Å². The Morgan fingerprint density at radius 1 is 1.43 bits per heavy atom. The lowest BCUT2D eigenvalue weighted by atomic mass is 10.1. The first kappa shape index (κ1) is 15.2. The zero-order valence-corrected chi connectivity index (χ0v) is 12.4. The normalized spacial score (nSPS) is 9.86. The molecule has 3 N–H and O–H groups in total. The summed E-state index contributed by atoms with van der Waals surface area (Å²) in [6.45, 7) is 2.24. The average Bonchev–Trinajstić information content (AvgIpc) is 2.91. The molecule has 0 fully saturated rings. The number of amides is 1. The molecule has 1 amide bonds. The van der Waals surface area contributed by atoms with Gasteiger partial charge in [-0.15, -0.1) is 0 Å². The maximum Gasteiger partial charge on any atom is 0.252 e. The fraction of sp³-hybridized carbons (Fsp3) is 0.188. The zero-order valence-electron chi connectivity index (χ0n) is 11.6. The van der Waals surface area contributed by atoms with E-state index >= 15 is 0 Å². The van der Waals surface area contributed by atoms with E-state index < -0.39 is 0 Å². The molecule has 0 saturated heterocycles. The fourth-order valence-corrected chi connectivity index (χ4v) is 2.63. The Labute approximate surface area is 127 Å². The summed E-state index contributed by atoms with van der Waals surface area (Å²) in [7, 11) is 0. The van der Waals surface area contributed by atoms with Crippen LogP contribution in [-0.4, -0.2) is 12.5 Å². The van der Waals surface area contributed by atoms with Crippen LogP contribution in [0, 0.1) is 24.6 Å². The standard InChI is InChI=1S/C16H15FN2OS/c1-11-9-21-10-14(11)16(20)19-8-13-7-12(3-2-6-18)4-5-15(13)17/h4-5,7,9-10H,6,8,18H2,1H3,(H,19,20). The van der Waals surface area contributed by atoms with Crippen LogP contribution in [0.3, 0.4) is 0 Å². The summed E-state index contributed by atoms with van der Waals surface area (Å²) in [5.41, 5.74) is 7.93. The highest BCUT2D eigenvalue weighted by Gasteiger charge is 2.10. The van der Waals surface area contributed by atoms with Crippen LogP contribution in [0.4, 0.5) is 4.39 Å². The van der Waals surface area contributed by atoms with E-state index in [0.717, 1.165) is 5.56 Å². The third-order valence-corrected chi connectivity index (χ3v) is 3.78. The summed E-state index contributed by atoms with van der Waals surface area (Å²) >= 11 is 1.47. The molecule has 0 radical (unpaired) electrons. The number of thiophene rings is 1. The fourth-order valence-electron chi connectivity index (χ4n) is 1.80. The van der Waals surface area contributed by atoms with Crippen LogP contribution >= 0.6 is 11.3 Å². The second kappa shape index (κ2) is 7.02. The van der Waals surface area contributed by atoms with Gasteiger partial charge in [0, 0.05) is 23.1 Å². The van der Waals surface area contributed by atoms with Crippen molar-refractivity contribution in [3.63, 3.8) is 0 Å². The van der Waals surface area contributed by atoms with Gasteiger partial charge in [-0.05, 0) is 36.1 Å². The van der Waals surface area contributed by atoms with Gasteiger partial charge in [-0.1, -0.05) is 11.8 Å². The van der Waals surface area contributed by atoms with Crippen molar-refractivity contribution in [2.75, 3.05) is 6.54 Å². The maximum absolute atomic E-state index is 13.7. The highest BCUT2D eigenvalue weighted by Crippen LogP contribution is 2.14. The highest BCUT2D eigenvalue weighted by molar-refractivity contribution is 7.08. The smallest absolute Gasteiger partial charge is 0.252 e. The van der Waals surface area contributed by atoms with Crippen molar-refractivity contribution >= 4 is 17.2 Å². The largest absolute Gasteiger partial charge is 0.348 e. The second-order valence-electron chi connectivity index (χ2n) is 4.46. The van der Waals surface area contributed by atoms with E-state index in [4.69, 9.17) is 5.73 Å². The Kier molecular flexibility index (Phi) is 5.09. The predicted octanol–water partition coefficient (Wildman–Crippen LogP) is 2.44. The van der Waals surface area contributed by atoms with Crippen LogP contribution in [0.25, 0.3) is 0 Å². The van der Waals surface area contributed by atoms with Crippen LogP contribution in [0.15, 0.2) is 29.0 Å². The Hall–Kier alpha value is -2.16. The van der Waals surface area contributed by atoms with Crippen LogP contribution in [0.5, 0.6) is 0 Å². The summed E-state index contributed by atoms with van der Waals surface area (Å²) in [4.78, 5) is 12.0. The summed E-state index contributed by atoms with van der Waals surface area (Å²) < 4.78 is 13.7. The van der Waals surface area contributed by atoms with Gasteiger partial charge in [-0.2, -0.15) is 11.3 Å². The van der Waals surface area contributed by atoms with Gasteiger partial charge < -0.3 is 11.1 Å². The minimum absolute atomic E-state index is 0.123. The molecular formula is C16H15FN2OS. The minimum Gasteiger partial charge on any atom is -0.348 e. The molecule has 0 aliphatic rings. The van der Waals surface area contributed by atoms with Crippen molar-refractivity contribution in [1.82, 2.24) is 5.32 Å². The van der Waals surface area contributed by atoms with E-state index in [1.54, 1.807) is 17.5 Å². The zero-order chi connectivity index (χ0) is 15.2. The molecule has 1 aromatic carbocycles. The summed E-state index contributed by atoms with van der Waals surface area (Å²) in [5.74, 6) is 4.99. The van der Waals surface area contributed by atoms with Gasteiger partial charge in [0.1, 0.15) is 5.82 Å². The third-order valence-electron chi connectivity index (χ3n) is 2.92. The van der Waals surface area contributed by atoms with Crippen LogP contribution in [0.2, 0.25) is 0 Å². The minimum atomic E-state index is -0.365. The average molecular weight is 302 g/mol. The Morgan fingerprint density at radius 2 is 2.24 bits per heavy atom. The molecular weight excluding hydrogens is 287 g/mol. The lowest BCUT2D eigenvalue weighted by Crippen LogP contribution is -2.23. The van der Waals surface area contributed by atoms with E-state index in [1.807, 2.05) is 12.3 Å². The van der Waals surface area contributed by atoms with Gasteiger partial charge in [-0.3, -0.25) is 4.79 Å². The van der Waals surface area contributed by atoms with E-state index in [2.05, 4.69) is 17.2 Å². The molecule has 108 valence electrons. The summed E-state index contributed by atoms with van der Waals surface area (Å²) in [6.07, 6.45) is 0. The molecule has 3 nitrogen and oxygen atoms in total. The number of hydrogen-bond acceptors (Lipinski definition) is 3. The number of benzene rings is 1. The lowest BCUT2D eigenvalue weighted by molar-refractivity contribution is 0.0950. The Morgan fingerprint density at radius 3 is 2.90 bits per heavy atom. The molecule has 5 heteroatoms. The van der Waals surface area contributed by atoms with Crippen molar-refractivity contribution in [1.29, 1.82) is 0 Å². The number of carbonyl (C=O) groups is 1. The molecule has 0 bridgehead atoms. The van der Waals surface area contributed by atoms with Crippen molar-refractivity contribution in [3.05, 3.63) is 57.0 Å². The van der Waals surface area contributed by atoms with Crippen molar-refractivity contribution in [2.45, 2.75) is 13.5 Å². The van der Waals surface area contributed by atoms with Gasteiger partial charge in [0.2, 0.25) is 0 Å². The summed E-state index contributed by atoms with van der Waals surface area (Å²) in [6, 6.07) is 4.56. The van der Waals surface area contributed by atoms with Crippen molar-refractivity contribution in [3.8, 4) is 11.8 Å². The highest BCUT2D eigenvalue weighted by atomic mass is 32.1. The maximum atomic E-state index is 13.7. The van der Waals surface area contributed by atoms with Gasteiger partial charge >= 0.3 is 0 Å². The second-order valence-corrected chi connectivity index (χ2v) is 5.21. The topological polar surface area (TPSA) is 55.1 Å². The van der Waals surface area contributed by atoms with Crippen molar-refractivity contribution < 1.29 is 9.18 Å². The van der Waals surface area contributed by atoms with Crippen molar-refractivity contribution in [2.24, 2.45) is 5.73 Å². The van der Waals surface area contributed by atoms with Gasteiger partial charge in [0.25, 0.3) is 5.91 Å². The van der Waals surface area contributed by atoms with Crippen LogP contribution in [0.1, 0.15) is 27.0 Å². The van der Waals surface area contributed by atoms with E-state index in [9.17, 15) is 9.18 Å². The number of halogens is 1. The monoisotopic (exact) mass is 302 g/mol. The van der Waals surface area contributed by atoms with E-state index in [-0.39, 0.29) is 24.8 Å². The third kappa shape index (κ3) is 3.91. The predicted molar refractivity (Wildman–Crippen MR) is 82.6 cm³/mol. The molecule has 0 atom stereocenters.